The third kappa shape index (κ3) is 2.73. The Morgan fingerprint density at radius 1 is 1.33 bits per heavy atom. The molecule has 0 aliphatic heterocycles. The molecule has 92 valence electrons. The average Bonchev–Trinajstić information content (AvgIpc) is 2.31. The van der Waals surface area contributed by atoms with E-state index in [1.54, 1.807) is 18.3 Å². The zero-order valence-electron chi connectivity index (χ0n) is 9.98. The molecular weight excluding hydrogens is 251 g/mol. The number of benzene rings is 1. The van der Waals surface area contributed by atoms with Crippen molar-refractivity contribution in [3.8, 4) is 0 Å². The van der Waals surface area contributed by atoms with Crippen molar-refractivity contribution in [2.45, 2.75) is 23.9 Å². The van der Waals surface area contributed by atoms with Gasteiger partial charge in [0.05, 0.1) is 4.90 Å². The van der Waals surface area contributed by atoms with Gasteiger partial charge in [0.25, 0.3) is 0 Å². The van der Waals surface area contributed by atoms with Gasteiger partial charge < -0.3 is 0 Å². The van der Waals surface area contributed by atoms with Crippen LogP contribution in [0.2, 0.25) is 0 Å². The number of halogens is 1. The highest BCUT2D eigenvalue weighted by atomic mass is 32.2. The van der Waals surface area contributed by atoms with Crippen LogP contribution < -0.4 is 0 Å². The highest BCUT2D eigenvalue weighted by Gasteiger charge is 2.14. The van der Waals surface area contributed by atoms with Crippen molar-refractivity contribution in [2.75, 3.05) is 0 Å². The minimum Gasteiger partial charge on any atom is -0.294 e. The smallest absolute Gasteiger partial charge is 0.192 e. The fourth-order valence-corrected chi connectivity index (χ4v) is 2.43. The first kappa shape index (κ1) is 12.7. The molecule has 0 atom stereocenters. The standard InChI is InChI=1S/C13H11FN2OS/c1-8-6-7-15-13(16-8)18-12-10(9(2)17)4-3-5-11(12)14/h3-7H,1-2H3. The Bertz CT molecular complexity index is 601. The topological polar surface area (TPSA) is 42.9 Å². The van der Waals surface area contributed by atoms with Gasteiger partial charge in [-0.3, -0.25) is 4.79 Å². The van der Waals surface area contributed by atoms with E-state index in [0.29, 0.717) is 10.7 Å². The third-order valence-electron chi connectivity index (χ3n) is 2.31. The number of nitrogens with zero attached hydrogens (tertiary/aromatic N) is 2. The summed E-state index contributed by atoms with van der Waals surface area (Å²) in [6.45, 7) is 3.24. The van der Waals surface area contributed by atoms with Gasteiger partial charge in [-0.1, -0.05) is 12.1 Å². The molecule has 0 amide bonds. The molecule has 1 aromatic heterocycles. The molecule has 2 aromatic rings. The molecular formula is C13H11FN2OS. The molecule has 0 aliphatic carbocycles. The van der Waals surface area contributed by atoms with Crippen molar-refractivity contribution in [2.24, 2.45) is 0 Å². The number of ketones is 1. The zero-order valence-corrected chi connectivity index (χ0v) is 10.8. The fourth-order valence-electron chi connectivity index (χ4n) is 1.46. The van der Waals surface area contributed by atoms with Gasteiger partial charge in [0.15, 0.2) is 10.9 Å². The first-order valence-corrected chi connectivity index (χ1v) is 6.16. The van der Waals surface area contributed by atoms with Crippen LogP contribution in [-0.4, -0.2) is 15.8 Å². The number of Topliss-reactive ketones (excluding diaryl/α,β-unsaturated/α-hetero) is 1. The van der Waals surface area contributed by atoms with E-state index >= 15 is 0 Å². The molecule has 0 radical (unpaired) electrons. The lowest BCUT2D eigenvalue weighted by molar-refractivity contribution is 0.101. The van der Waals surface area contributed by atoms with Gasteiger partial charge >= 0.3 is 0 Å². The Labute approximate surface area is 108 Å². The summed E-state index contributed by atoms with van der Waals surface area (Å²) in [6.07, 6.45) is 1.61. The maximum Gasteiger partial charge on any atom is 0.192 e. The SMILES string of the molecule is CC(=O)c1cccc(F)c1Sc1nccc(C)n1. The molecule has 1 aromatic carbocycles. The van der Waals surface area contributed by atoms with Crippen LogP contribution in [0.25, 0.3) is 0 Å². The summed E-state index contributed by atoms with van der Waals surface area (Å²) in [5.74, 6) is -0.609. The number of aromatic nitrogens is 2. The van der Waals surface area contributed by atoms with Crippen molar-refractivity contribution >= 4 is 17.5 Å². The summed E-state index contributed by atoms with van der Waals surface area (Å²) < 4.78 is 13.8. The van der Waals surface area contributed by atoms with Crippen molar-refractivity contribution in [3.63, 3.8) is 0 Å². The molecule has 0 aliphatic rings. The maximum absolute atomic E-state index is 13.8. The second kappa shape index (κ2) is 5.27. The van der Waals surface area contributed by atoms with Gasteiger partial charge in [0.2, 0.25) is 0 Å². The van der Waals surface area contributed by atoms with E-state index in [-0.39, 0.29) is 10.7 Å². The Kier molecular flexibility index (Phi) is 3.72. The molecule has 0 saturated heterocycles. The largest absolute Gasteiger partial charge is 0.294 e. The number of carbonyl (C=O) groups is 1. The summed E-state index contributed by atoms with van der Waals surface area (Å²) in [4.78, 5) is 20.0. The summed E-state index contributed by atoms with van der Waals surface area (Å²) in [5, 5.41) is 0.433. The number of carbonyl (C=O) groups excluding carboxylic acids is 1. The normalized spacial score (nSPS) is 10.4. The highest BCUT2D eigenvalue weighted by Crippen LogP contribution is 2.30. The molecule has 0 unspecified atom stereocenters. The van der Waals surface area contributed by atoms with E-state index in [9.17, 15) is 9.18 Å². The van der Waals surface area contributed by atoms with E-state index in [4.69, 9.17) is 0 Å². The summed E-state index contributed by atoms with van der Waals surface area (Å²) >= 11 is 1.07. The Hall–Kier alpha value is -1.75. The number of rotatable bonds is 3. The van der Waals surface area contributed by atoms with Crippen LogP contribution >= 0.6 is 11.8 Å². The second-order valence-corrected chi connectivity index (χ2v) is 4.73. The van der Waals surface area contributed by atoms with Crippen LogP contribution in [0.15, 0.2) is 40.5 Å². The molecule has 0 bridgehead atoms. The van der Waals surface area contributed by atoms with Gasteiger partial charge in [-0.25, -0.2) is 14.4 Å². The Morgan fingerprint density at radius 2 is 2.11 bits per heavy atom. The molecule has 18 heavy (non-hydrogen) atoms. The average molecular weight is 262 g/mol. The van der Waals surface area contributed by atoms with Crippen molar-refractivity contribution in [1.29, 1.82) is 0 Å². The predicted octanol–water partition coefficient (Wildman–Crippen LogP) is 3.28. The minimum atomic E-state index is -0.433. The first-order valence-electron chi connectivity index (χ1n) is 5.35. The van der Waals surface area contributed by atoms with Gasteiger partial charge in [0.1, 0.15) is 5.82 Å². The number of hydrogen-bond donors (Lipinski definition) is 0. The van der Waals surface area contributed by atoms with Crippen molar-refractivity contribution in [3.05, 3.63) is 47.5 Å². The van der Waals surface area contributed by atoms with Crippen LogP contribution in [0.3, 0.4) is 0 Å². The predicted molar refractivity (Wildman–Crippen MR) is 67.3 cm³/mol. The maximum atomic E-state index is 13.8. The summed E-state index contributed by atoms with van der Waals surface area (Å²) in [6, 6.07) is 6.21. The van der Waals surface area contributed by atoms with Gasteiger partial charge in [-0.05, 0) is 37.7 Å². The fraction of sp³-hybridized carbons (Fsp3) is 0.154. The highest BCUT2D eigenvalue weighted by molar-refractivity contribution is 7.99. The third-order valence-corrected chi connectivity index (χ3v) is 3.31. The molecule has 0 fully saturated rings. The van der Waals surface area contributed by atoms with E-state index in [1.165, 1.54) is 19.1 Å². The molecule has 5 heteroatoms. The minimum absolute atomic E-state index is 0.176. The first-order chi connectivity index (χ1) is 8.58. The lowest BCUT2D eigenvalue weighted by Gasteiger charge is -2.06. The second-order valence-electron chi connectivity index (χ2n) is 3.76. The van der Waals surface area contributed by atoms with Gasteiger partial charge in [-0.15, -0.1) is 0 Å². The summed E-state index contributed by atoms with van der Waals surface area (Å²) in [5.41, 5.74) is 1.15. The Balaban J connectivity index is 2.42. The lowest BCUT2D eigenvalue weighted by Crippen LogP contribution is -1.98. The lowest BCUT2D eigenvalue weighted by atomic mass is 10.1. The molecule has 3 nitrogen and oxygen atoms in total. The van der Waals surface area contributed by atoms with Crippen molar-refractivity contribution < 1.29 is 9.18 Å². The number of hydrogen-bond acceptors (Lipinski definition) is 4. The van der Waals surface area contributed by atoms with E-state index in [0.717, 1.165) is 17.5 Å². The molecule has 0 saturated carbocycles. The monoisotopic (exact) mass is 262 g/mol. The molecule has 2 rings (SSSR count). The number of aryl methyl sites for hydroxylation is 1. The van der Waals surface area contributed by atoms with Crippen LogP contribution in [0.5, 0.6) is 0 Å². The van der Waals surface area contributed by atoms with Gasteiger partial charge in [0, 0.05) is 17.5 Å². The van der Waals surface area contributed by atoms with Gasteiger partial charge in [-0.2, -0.15) is 0 Å². The van der Waals surface area contributed by atoms with Crippen LogP contribution in [0.1, 0.15) is 23.0 Å². The van der Waals surface area contributed by atoms with Crippen LogP contribution in [0.4, 0.5) is 4.39 Å². The van der Waals surface area contributed by atoms with E-state index in [1.807, 2.05) is 6.92 Å². The molecule has 1 heterocycles. The molecule has 0 N–H and O–H groups in total. The van der Waals surface area contributed by atoms with Crippen LogP contribution in [-0.2, 0) is 0 Å². The van der Waals surface area contributed by atoms with E-state index < -0.39 is 5.82 Å². The molecule has 0 spiro atoms. The van der Waals surface area contributed by atoms with E-state index in [2.05, 4.69) is 9.97 Å². The zero-order chi connectivity index (χ0) is 13.1. The summed E-state index contributed by atoms with van der Waals surface area (Å²) in [7, 11) is 0. The van der Waals surface area contributed by atoms with Crippen molar-refractivity contribution in [1.82, 2.24) is 9.97 Å². The quantitative estimate of drug-likeness (QED) is 0.629. The Morgan fingerprint density at radius 3 is 2.78 bits per heavy atom. The van der Waals surface area contributed by atoms with Crippen LogP contribution in [0, 0.1) is 12.7 Å².